The fourth-order valence-electron chi connectivity index (χ4n) is 1.06. The molecule has 66 valence electrons. The van der Waals surface area contributed by atoms with Crippen LogP contribution in [0.4, 0.5) is 0 Å². The Morgan fingerprint density at radius 2 is 2.08 bits per heavy atom. The third kappa shape index (κ3) is 1.67. The molecule has 0 aliphatic rings. The number of hydrogen-bond donors (Lipinski definition) is 0. The molecular formula is C8H11ClN2O. The van der Waals surface area contributed by atoms with Crippen molar-refractivity contribution < 1.29 is 4.79 Å². The lowest BCUT2D eigenvalue weighted by Crippen LogP contribution is -2.07. The molecule has 0 bridgehead atoms. The number of carbonyl (C=O) groups excluding carboxylic acids is 1. The molecule has 0 N–H and O–H groups in total. The minimum atomic E-state index is -0.388. The molecule has 1 aromatic heterocycles. The molecule has 0 aromatic carbocycles. The van der Waals surface area contributed by atoms with Crippen molar-refractivity contribution in [3.63, 3.8) is 0 Å². The van der Waals surface area contributed by atoms with Gasteiger partial charge in [-0.15, -0.1) is 0 Å². The van der Waals surface area contributed by atoms with E-state index in [4.69, 9.17) is 11.6 Å². The van der Waals surface area contributed by atoms with Crippen LogP contribution in [0.3, 0.4) is 0 Å². The van der Waals surface area contributed by atoms with E-state index in [1.807, 2.05) is 20.8 Å². The van der Waals surface area contributed by atoms with Crippen LogP contribution in [0.2, 0.25) is 0 Å². The number of aromatic nitrogens is 2. The fourth-order valence-corrected chi connectivity index (χ4v) is 1.17. The predicted octanol–water partition coefficient (Wildman–Crippen LogP) is 1.57. The average Bonchev–Trinajstić information content (AvgIpc) is 2.17. The third-order valence-electron chi connectivity index (χ3n) is 2.02. The van der Waals surface area contributed by atoms with Crippen molar-refractivity contribution in [2.24, 2.45) is 0 Å². The Hall–Kier alpha value is -0.830. The van der Waals surface area contributed by atoms with Crippen molar-refractivity contribution >= 4 is 16.8 Å². The second-order valence-electron chi connectivity index (χ2n) is 2.81. The largest absolute Gasteiger partial charge is 0.279 e. The van der Waals surface area contributed by atoms with E-state index in [-0.39, 0.29) is 11.8 Å². The standard InChI is InChI=1S/C8H11ClN2O/c1-5-6(2)10-11(7(5)3)4-8(9)12/h4H2,1-3H3. The molecule has 1 rings (SSSR count). The first-order chi connectivity index (χ1) is 5.52. The summed E-state index contributed by atoms with van der Waals surface area (Å²) in [5.41, 5.74) is 3.07. The second kappa shape index (κ2) is 3.27. The topological polar surface area (TPSA) is 34.9 Å². The van der Waals surface area contributed by atoms with Crippen LogP contribution in [0.5, 0.6) is 0 Å². The molecule has 4 heteroatoms. The highest BCUT2D eigenvalue weighted by Crippen LogP contribution is 2.10. The molecule has 0 saturated heterocycles. The van der Waals surface area contributed by atoms with Crippen LogP contribution in [0.15, 0.2) is 0 Å². The zero-order valence-corrected chi connectivity index (χ0v) is 8.14. The number of rotatable bonds is 2. The molecule has 0 spiro atoms. The van der Waals surface area contributed by atoms with Gasteiger partial charge in [0.2, 0.25) is 5.24 Å². The molecule has 1 heterocycles. The first-order valence-corrected chi connectivity index (χ1v) is 4.09. The van der Waals surface area contributed by atoms with Gasteiger partial charge in [-0.2, -0.15) is 5.10 Å². The lowest BCUT2D eigenvalue weighted by atomic mass is 10.2. The van der Waals surface area contributed by atoms with Gasteiger partial charge in [-0.3, -0.25) is 9.48 Å². The van der Waals surface area contributed by atoms with Crippen LogP contribution >= 0.6 is 11.6 Å². The smallest absolute Gasteiger partial charge is 0.243 e. The third-order valence-corrected chi connectivity index (χ3v) is 2.14. The fraction of sp³-hybridized carbons (Fsp3) is 0.500. The quantitative estimate of drug-likeness (QED) is 0.658. The summed E-state index contributed by atoms with van der Waals surface area (Å²) in [5, 5.41) is 3.77. The molecule has 0 radical (unpaired) electrons. The van der Waals surface area contributed by atoms with Gasteiger partial charge < -0.3 is 0 Å². The number of hydrogen-bond acceptors (Lipinski definition) is 2. The molecule has 0 amide bonds. The average molecular weight is 187 g/mol. The van der Waals surface area contributed by atoms with E-state index in [1.54, 1.807) is 4.68 Å². The van der Waals surface area contributed by atoms with E-state index in [2.05, 4.69) is 5.10 Å². The van der Waals surface area contributed by atoms with Crippen molar-refractivity contribution in [1.82, 2.24) is 9.78 Å². The number of aryl methyl sites for hydroxylation is 1. The Morgan fingerprint density at radius 3 is 2.42 bits per heavy atom. The van der Waals surface area contributed by atoms with Gasteiger partial charge in [0, 0.05) is 5.69 Å². The highest BCUT2D eigenvalue weighted by molar-refractivity contribution is 6.63. The van der Waals surface area contributed by atoms with Crippen LogP contribution in [0, 0.1) is 20.8 Å². The summed E-state index contributed by atoms with van der Waals surface area (Å²) in [6.07, 6.45) is 0. The summed E-state index contributed by atoms with van der Waals surface area (Å²) in [7, 11) is 0. The summed E-state index contributed by atoms with van der Waals surface area (Å²) in [5.74, 6) is 0. The molecule has 0 atom stereocenters. The van der Waals surface area contributed by atoms with Gasteiger partial charge >= 0.3 is 0 Å². The predicted molar refractivity (Wildman–Crippen MR) is 47.3 cm³/mol. The number of halogens is 1. The molecule has 0 saturated carbocycles. The zero-order chi connectivity index (χ0) is 9.30. The monoisotopic (exact) mass is 186 g/mol. The van der Waals surface area contributed by atoms with E-state index in [1.165, 1.54) is 0 Å². The minimum Gasteiger partial charge on any atom is -0.279 e. The first kappa shape index (κ1) is 9.26. The number of carbonyl (C=O) groups is 1. The Balaban J connectivity index is 3.01. The van der Waals surface area contributed by atoms with Crippen molar-refractivity contribution in [3.8, 4) is 0 Å². The van der Waals surface area contributed by atoms with Crippen molar-refractivity contribution in [2.75, 3.05) is 0 Å². The summed E-state index contributed by atoms with van der Waals surface area (Å²) in [6, 6.07) is 0. The van der Waals surface area contributed by atoms with Crippen LogP contribution in [-0.2, 0) is 11.3 Å². The van der Waals surface area contributed by atoms with Gasteiger partial charge in [0.25, 0.3) is 0 Å². The molecule has 0 unspecified atom stereocenters. The van der Waals surface area contributed by atoms with Crippen molar-refractivity contribution in [2.45, 2.75) is 27.3 Å². The van der Waals surface area contributed by atoms with Crippen LogP contribution in [0.1, 0.15) is 17.0 Å². The lowest BCUT2D eigenvalue weighted by molar-refractivity contribution is -0.112. The summed E-state index contributed by atoms with van der Waals surface area (Å²) in [4.78, 5) is 10.6. The number of nitrogens with zero attached hydrogens (tertiary/aromatic N) is 2. The first-order valence-electron chi connectivity index (χ1n) is 3.71. The Labute approximate surface area is 76.3 Å². The molecule has 3 nitrogen and oxygen atoms in total. The van der Waals surface area contributed by atoms with Gasteiger partial charge in [-0.25, -0.2) is 0 Å². The Kier molecular flexibility index (Phi) is 2.52. The van der Waals surface area contributed by atoms with E-state index in [0.717, 1.165) is 17.0 Å². The summed E-state index contributed by atoms with van der Waals surface area (Å²) >= 11 is 5.25. The van der Waals surface area contributed by atoms with Gasteiger partial charge in [-0.05, 0) is 37.9 Å². The van der Waals surface area contributed by atoms with Crippen molar-refractivity contribution in [1.29, 1.82) is 0 Å². The van der Waals surface area contributed by atoms with E-state index < -0.39 is 0 Å². The maximum Gasteiger partial charge on any atom is 0.243 e. The zero-order valence-electron chi connectivity index (χ0n) is 7.39. The second-order valence-corrected chi connectivity index (χ2v) is 3.23. The normalized spacial score (nSPS) is 10.3. The minimum absolute atomic E-state index is 0.155. The van der Waals surface area contributed by atoms with Gasteiger partial charge in [0.05, 0.1) is 5.69 Å². The highest BCUT2D eigenvalue weighted by Gasteiger charge is 2.08. The molecular weight excluding hydrogens is 176 g/mol. The van der Waals surface area contributed by atoms with Gasteiger partial charge in [-0.1, -0.05) is 0 Å². The maximum absolute atomic E-state index is 10.6. The van der Waals surface area contributed by atoms with Crippen molar-refractivity contribution in [3.05, 3.63) is 17.0 Å². The molecule has 0 aliphatic carbocycles. The summed E-state index contributed by atoms with van der Waals surface area (Å²) in [6.45, 7) is 5.97. The molecule has 0 aliphatic heterocycles. The van der Waals surface area contributed by atoms with E-state index in [0.29, 0.717) is 0 Å². The SMILES string of the molecule is Cc1nn(CC(=O)Cl)c(C)c1C. The molecule has 12 heavy (non-hydrogen) atoms. The van der Waals surface area contributed by atoms with E-state index >= 15 is 0 Å². The molecule has 1 aromatic rings. The Bertz CT molecular complexity index is 317. The lowest BCUT2D eigenvalue weighted by Gasteiger charge is -1.98. The summed E-state index contributed by atoms with van der Waals surface area (Å²) < 4.78 is 1.62. The van der Waals surface area contributed by atoms with Gasteiger partial charge in [0.1, 0.15) is 6.54 Å². The Morgan fingerprint density at radius 1 is 1.50 bits per heavy atom. The van der Waals surface area contributed by atoms with Crippen LogP contribution < -0.4 is 0 Å². The maximum atomic E-state index is 10.6. The molecule has 0 fully saturated rings. The van der Waals surface area contributed by atoms with Gasteiger partial charge in [0.15, 0.2) is 0 Å². The van der Waals surface area contributed by atoms with E-state index in [9.17, 15) is 4.79 Å². The van der Waals surface area contributed by atoms with Crippen LogP contribution in [-0.4, -0.2) is 15.0 Å². The van der Waals surface area contributed by atoms with Crippen LogP contribution in [0.25, 0.3) is 0 Å². The highest BCUT2D eigenvalue weighted by atomic mass is 35.5.